The highest BCUT2D eigenvalue weighted by molar-refractivity contribution is 5.96. The molecule has 0 aromatic heterocycles. The smallest absolute Gasteiger partial charge is 0.229 e. The second-order valence-corrected chi connectivity index (χ2v) is 3.88. The van der Waals surface area contributed by atoms with Gasteiger partial charge in [-0.05, 0) is 24.6 Å². The summed E-state index contributed by atoms with van der Waals surface area (Å²) in [6.07, 6.45) is 0.132. The minimum Gasteiger partial charge on any atom is -0.493 e. The molecule has 1 aromatic rings. The van der Waals surface area contributed by atoms with Gasteiger partial charge in [-0.25, -0.2) is 0 Å². The third-order valence-corrected chi connectivity index (χ3v) is 2.42. The van der Waals surface area contributed by atoms with Crippen molar-refractivity contribution >= 4 is 11.7 Å². The van der Waals surface area contributed by atoms with Gasteiger partial charge in [-0.15, -0.1) is 0 Å². The van der Waals surface area contributed by atoms with E-state index in [4.69, 9.17) is 19.6 Å². The Kier molecular flexibility index (Phi) is 5.17. The molecule has 0 atom stereocenters. The van der Waals surface area contributed by atoms with Crippen LogP contribution in [0.5, 0.6) is 17.2 Å². The van der Waals surface area contributed by atoms with E-state index >= 15 is 0 Å². The SMILES string of the molecule is COc1cc(CC(=O)NC(C)=N)cc(OC)c1OC. The summed E-state index contributed by atoms with van der Waals surface area (Å²) >= 11 is 0. The van der Waals surface area contributed by atoms with Crippen LogP contribution in [-0.2, 0) is 11.2 Å². The molecular formula is C13H18N2O4. The van der Waals surface area contributed by atoms with Gasteiger partial charge in [-0.2, -0.15) is 0 Å². The van der Waals surface area contributed by atoms with Gasteiger partial charge in [0.05, 0.1) is 33.6 Å². The summed E-state index contributed by atoms with van der Waals surface area (Å²) in [5, 5.41) is 9.64. The lowest BCUT2D eigenvalue weighted by atomic mass is 10.1. The first-order chi connectivity index (χ1) is 9.01. The summed E-state index contributed by atoms with van der Waals surface area (Å²) in [7, 11) is 4.55. The van der Waals surface area contributed by atoms with Gasteiger partial charge in [0.25, 0.3) is 0 Å². The van der Waals surface area contributed by atoms with E-state index < -0.39 is 0 Å². The highest BCUT2D eigenvalue weighted by Crippen LogP contribution is 2.38. The number of nitrogens with one attached hydrogen (secondary N) is 2. The Hall–Kier alpha value is -2.24. The monoisotopic (exact) mass is 266 g/mol. The van der Waals surface area contributed by atoms with Crippen molar-refractivity contribution in [2.75, 3.05) is 21.3 Å². The molecule has 1 amide bonds. The van der Waals surface area contributed by atoms with Crippen molar-refractivity contribution in [3.05, 3.63) is 17.7 Å². The summed E-state index contributed by atoms with van der Waals surface area (Å²) in [4.78, 5) is 11.6. The maximum absolute atomic E-state index is 11.6. The number of hydrogen-bond donors (Lipinski definition) is 2. The highest BCUT2D eigenvalue weighted by atomic mass is 16.5. The van der Waals surface area contributed by atoms with Crippen LogP contribution < -0.4 is 19.5 Å². The summed E-state index contributed by atoms with van der Waals surface area (Å²) in [5.74, 6) is 1.32. The molecule has 0 aliphatic rings. The molecule has 1 rings (SSSR count). The zero-order chi connectivity index (χ0) is 14.4. The minimum atomic E-state index is -0.262. The third kappa shape index (κ3) is 3.87. The summed E-state index contributed by atoms with van der Waals surface area (Å²) in [5.41, 5.74) is 0.716. The first-order valence-corrected chi connectivity index (χ1v) is 5.65. The van der Waals surface area contributed by atoms with Crippen LogP contribution in [-0.4, -0.2) is 33.1 Å². The van der Waals surface area contributed by atoms with Gasteiger partial charge in [-0.1, -0.05) is 0 Å². The zero-order valence-corrected chi connectivity index (χ0v) is 11.5. The van der Waals surface area contributed by atoms with Crippen molar-refractivity contribution in [1.29, 1.82) is 5.41 Å². The van der Waals surface area contributed by atoms with Crippen LogP contribution in [0.1, 0.15) is 12.5 Å². The maximum Gasteiger partial charge on any atom is 0.229 e. The molecule has 0 bridgehead atoms. The van der Waals surface area contributed by atoms with Crippen molar-refractivity contribution in [2.45, 2.75) is 13.3 Å². The molecule has 0 fully saturated rings. The van der Waals surface area contributed by atoms with Crippen molar-refractivity contribution in [2.24, 2.45) is 0 Å². The van der Waals surface area contributed by atoms with Crippen LogP contribution in [0.25, 0.3) is 0 Å². The molecule has 6 nitrogen and oxygen atoms in total. The topological polar surface area (TPSA) is 80.6 Å². The molecule has 0 heterocycles. The van der Waals surface area contributed by atoms with Gasteiger partial charge in [0, 0.05) is 0 Å². The molecule has 0 aliphatic carbocycles. The Bertz CT molecular complexity index is 461. The quantitative estimate of drug-likeness (QED) is 0.623. The molecule has 0 spiro atoms. The van der Waals surface area contributed by atoms with Crippen LogP contribution >= 0.6 is 0 Å². The van der Waals surface area contributed by atoms with Gasteiger partial charge < -0.3 is 19.5 Å². The van der Waals surface area contributed by atoms with Gasteiger partial charge in [0.2, 0.25) is 11.7 Å². The number of amides is 1. The van der Waals surface area contributed by atoms with E-state index in [1.807, 2.05) is 0 Å². The van der Waals surface area contributed by atoms with Gasteiger partial charge >= 0.3 is 0 Å². The van der Waals surface area contributed by atoms with E-state index in [0.717, 1.165) is 0 Å². The first kappa shape index (κ1) is 14.8. The van der Waals surface area contributed by atoms with Crippen molar-refractivity contribution in [1.82, 2.24) is 5.32 Å². The van der Waals surface area contributed by atoms with Gasteiger partial charge in [0.15, 0.2) is 11.5 Å². The summed E-state index contributed by atoms with van der Waals surface area (Å²) < 4.78 is 15.6. The average Bonchev–Trinajstić information content (AvgIpc) is 2.36. The average molecular weight is 266 g/mol. The lowest BCUT2D eigenvalue weighted by Gasteiger charge is -2.14. The molecule has 2 N–H and O–H groups in total. The molecular weight excluding hydrogens is 248 g/mol. The summed E-state index contributed by atoms with van der Waals surface area (Å²) in [6.45, 7) is 1.51. The Balaban J connectivity index is 3.02. The van der Waals surface area contributed by atoms with Crippen LogP contribution in [0.15, 0.2) is 12.1 Å². The number of benzene rings is 1. The van der Waals surface area contributed by atoms with Crippen LogP contribution in [0.2, 0.25) is 0 Å². The van der Waals surface area contributed by atoms with Crippen molar-refractivity contribution in [3.63, 3.8) is 0 Å². The molecule has 0 unspecified atom stereocenters. The van der Waals surface area contributed by atoms with E-state index in [0.29, 0.717) is 22.8 Å². The number of rotatable bonds is 5. The highest BCUT2D eigenvalue weighted by Gasteiger charge is 2.14. The molecule has 104 valence electrons. The standard InChI is InChI=1S/C13H18N2O4/c1-8(14)15-12(16)7-9-5-10(17-2)13(19-4)11(6-9)18-3/h5-6H,7H2,1-4H3,(H2,14,15,16). The predicted octanol–water partition coefficient (Wildman–Crippen LogP) is 1.37. The fourth-order valence-electron chi connectivity index (χ4n) is 1.68. The molecule has 19 heavy (non-hydrogen) atoms. The van der Waals surface area contributed by atoms with E-state index in [1.54, 1.807) is 12.1 Å². The molecule has 6 heteroatoms. The van der Waals surface area contributed by atoms with Crippen molar-refractivity contribution in [3.8, 4) is 17.2 Å². The fraction of sp³-hybridized carbons (Fsp3) is 0.385. The Morgan fingerprint density at radius 1 is 1.16 bits per heavy atom. The van der Waals surface area contributed by atoms with E-state index in [9.17, 15) is 4.79 Å². The van der Waals surface area contributed by atoms with E-state index in [-0.39, 0.29) is 18.2 Å². The third-order valence-electron chi connectivity index (χ3n) is 2.42. The second-order valence-electron chi connectivity index (χ2n) is 3.88. The number of carbonyl (C=O) groups excluding carboxylic acids is 1. The van der Waals surface area contributed by atoms with Crippen LogP contribution in [0.4, 0.5) is 0 Å². The number of ether oxygens (including phenoxy) is 3. The Morgan fingerprint density at radius 2 is 1.68 bits per heavy atom. The molecule has 1 aromatic carbocycles. The van der Waals surface area contributed by atoms with Crippen LogP contribution in [0.3, 0.4) is 0 Å². The first-order valence-electron chi connectivity index (χ1n) is 5.65. The zero-order valence-electron chi connectivity index (χ0n) is 11.5. The lowest BCUT2D eigenvalue weighted by molar-refractivity contribution is -0.119. The normalized spacial score (nSPS) is 9.68. The minimum absolute atomic E-state index is 0.109. The predicted molar refractivity (Wildman–Crippen MR) is 71.3 cm³/mol. The van der Waals surface area contributed by atoms with Gasteiger partial charge in [-0.3, -0.25) is 10.2 Å². The molecule has 0 radical (unpaired) electrons. The Morgan fingerprint density at radius 3 is 2.05 bits per heavy atom. The van der Waals surface area contributed by atoms with Crippen LogP contribution in [0, 0.1) is 5.41 Å². The Labute approximate surface area is 112 Å². The second kappa shape index (κ2) is 6.63. The van der Waals surface area contributed by atoms with E-state index in [1.165, 1.54) is 28.3 Å². The molecule has 0 saturated heterocycles. The number of methoxy groups -OCH3 is 3. The lowest BCUT2D eigenvalue weighted by Crippen LogP contribution is -2.28. The number of carbonyl (C=O) groups is 1. The molecule has 0 aliphatic heterocycles. The van der Waals surface area contributed by atoms with Crippen molar-refractivity contribution < 1.29 is 19.0 Å². The number of amidine groups is 1. The summed E-state index contributed by atoms with van der Waals surface area (Å²) in [6, 6.07) is 3.42. The fourth-order valence-corrected chi connectivity index (χ4v) is 1.68. The van der Waals surface area contributed by atoms with Gasteiger partial charge in [0.1, 0.15) is 0 Å². The largest absolute Gasteiger partial charge is 0.493 e. The molecule has 0 saturated carbocycles. The van der Waals surface area contributed by atoms with E-state index in [2.05, 4.69) is 5.32 Å². The maximum atomic E-state index is 11.6. The number of hydrogen-bond acceptors (Lipinski definition) is 5.